The molecular formula is C10H12N2O. The SMILES string of the molecule is CN1Cc2ccccc2N(C)C1=O. The molecule has 0 spiro atoms. The van der Waals surface area contributed by atoms with E-state index in [4.69, 9.17) is 0 Å². The number of hydrogen-bond donors (Lipinski definition) is 0. The van der Waals surface area contributed by atoms with E-state index in [1.807, 2.05) is 25.2 Å². The summed E-state index contributed by atoms with van der Waals surface area (Å²) in [5.74, 6) is 0. The summed E-state index contributed by atoms with van der Waals surface area (Å²) in [7, 11) is 3.62. The standard InChI is InChI=1S/C10H12N2O/c1-11-7-8-5-3-4-6-9(8)12(2)10(11)13/h3-6H,7H2,1-2H3. The Balaban J connectivity index is 2.49. The number of amides is 2. The van der Waals surface area contributed by atoms with Crippen molar-refractivity contribution in [3.8, 4) is 0 Å². The minimum atomic E-state index is 0.0544. The molecule has 3 nitrogen and oxygen atoms in total. The van der Waals surface area contributed by atoms with E-state index < -0.39 is 0 Å². The van der Waals surface area contributed by atoms with E-state index in [-0.39, 0.29) is 6.03 Å². The predicted octanol–water partition coefficient (Wildman–Crippen LogP) is 1.69. The van der Waals surface area contributed by atoms with Crippen molar-refractivity contribution in [1.82, 2.24) is 4.90 Å². The van der Waals surface area contributed by atoms with Gasteiger partial charge in [-0.15, -0.1) is 0 Å². The van der Waals surface area contributed by atoms with Crippen molar-refractivity contribution in [2.75, 3.05) is 19.0 Å². The third-order valence-electron chi connectivity index (χ3n) is 2.37. The van der Waals surface area contributed by atoms with Gasteiger partial charge in [0.2, 0.25) is 0 Å². The molecule has 2 amide bonds. The Labute approximate surface area is 77.6 Å². The zero-order valence-corrected chi connectivity index (χ0v) is 7.82. The van der Waals surface area contributed by atoms with Crippen molar-refractivity contribution in [1.29, 1.82) is 0 Å². The topological polar surface area (TPSA) is 23.6 Å². The third kappa shape index (κ3) is 1.16. The first-order chi connectivity index (χ1) is 6.20. The van der Waals surface area contributed by atoms with Crippen molar-refractivity contribution in [3.05, 3.63) is 29.8 Å². The van der Waals surface area contributed by atoms with Crippen LogP contribution in [0.3, 0.4) is 0 Å². The second-order valence-electron chi connectivity index (χ2n) is 3.33. The van der Waals surface area contributed by atoms with Gasteiger partial charge in [-0.2, -0.15) is 0 Å². The number of carbonyl (C=O) groups excluding carboxylic acids is 1. The second kappa shape index (κ2) is 2.76. The van der Waals surface area contributed by atoms with Crippen molar-refractivity contribution in [2.45, 2.75) is 6.54 Å². The lowest BCUT2D eigenvalue weighted by atomic mass is 10.1. The van der Waals surface area contributed by atoms with Crippen molar-refractivity contribution in [2.24, 2.45) is 0 Å². The highest BCUT2D eigenvalue weighted by molar-refractivity contribution is 5.94. The molecule has 0 saturated heterocycles. The van der Waals surface area contributed by atoms with Crippen LogP contribution in [0.1, 0.15) is 5.56 Å². The first-order valence-electron chi connectivity index (χ1n) is 4.27. The summed E-state index contributed by atoms with van der Waals surface area (Å²) in [6.07, 6.45) is 0. The van der Waals surface area contributed by atoms with Gasteiger partial charge in [-0.1, -0.05) is 18.2 Å². The summed E-state index contributed by atoms with van der Waals surface area (Å²) < 4.78 is 0. The highest BCUT2D eigenvalue weighted by atomic mass is 16.2. The van der Waals surface area contributed by atoms with Gasteiger partial charge in [0.25, 0.3) is 0 Å². The normalized spacial score (nSPS) is 16.0. The van der Waals surface area contributed by atoms with Gasteiger partial charge in [-0.25, -0.2) is 4.79 Å². The van der Waals surface area contributed by atoms with Crippen molar-refractivity contribution < 1.29 is 4.79 Å². The van der Waals surface area contributed by atoms with Crippen molar-refractivity contribution in [3.63, 3.8) is 0 Å². The van der Waals surface area contributed by atoms with Gasteiger partial charge in [-0.05, 0) is 11.6 Å². The molecule has 1 aliphatic heterocycles. The predicted molar refractivity (Wildman–Crippen MR) is 51.7 cm³/mol. The third-order valence-corrected chi connectivity index (χ3v) is 2.37. The number of anilines is 1. The Morgan fingerprint density at radius 3 is 2.69 bits per heavy atom. The van der Waals surface area contributed by atoms with E-state index in [9.17, 15) is 4.79 Å². The van der Waals surface area contributed by atoms with E-state index in [1.54, 1.807) is 16.8 Å². The fourth-order valence-corrected chi connectivity index (χ4v) is 1.65. The van der Waals surface area contributed by atoms with Crippen LogP contribution in [-0.2, 0) is 6.54 Å². The lowest BCUT2D eigenvalue weighted by Gasteiger charge is -2.32. The number of nitrogens with zero attached hydrogens (tertiary/aromatic N) is 2. The summed E-state index contributed by atoms with van der Waals surface area (Å²) in [6.45, 7) is 0.708. The minimum absolute atomic E-state index is 0.0544. The Morgan fingerprint density at radius 2 is 1.92 bits per heavy atom. The van der Waals surface area contributed by atoms with Gasteiger partial charge < -0.3 is 4.90 Å². The number of hydrogen-bond acceptors (Lipinski definition) is 1. The van der Waals surface area contributed by atoms with Gasteiger partial charge in [-0.3, -0.25) is 4.90 Å². The fourth-order valence-electron chi connectivity index (χ4n) is 1.65. The molecule has 1 aliphatic rings. The average molecular weight is 176 g/mol. The molecule has 1 aromatic rings. The Bertz CT molecular complexity index is 349. The Morgan fingerprint density at radius 1 is 1.23 bits per heavy atom. The highest BCUT2D eigenvalue weighted by Crippen LogP contribution is 2.25. The molecule has 0 N–H and O–H groups in total. The number of carbonyl (C=O) groups is 1. The number of benzene rings is 1. The number of fused-ring (bicyclic) bond motifs is 1. The van der Waals surface area contributed by atoms with Crippen molar-refractivity contribution >= 4 is 11.7 Å². The number of urea groups is 1. The van der Waals surface area contributed by atoms with E-state index in [0.717, 1.165) is 5.69 Å². The van der Waals surface area contributed by atoms with Gasteiger partial charge in [0.1, 0.15) is 0 Å². The maximum atomic E-state index is 11.5. The quantitative estimate of drug-likeness (QED) is 0.590. The van der Waals surface area contributed by atoms with E-state index >= 15 is 0 Å². The Kier molecular flexibility index (Phi) is 1.72. The molecule has 0 aromatic heterocycles. The zero-order valence-electron chi connectivity index (χ0n) is 7.82. The van der Waals surface area contributed by atoms with Crippen LogP contribution in [0, 0.1) is 0 Å². The number of para-hydroxylation sites is 1. The van der Waals surface area contributed by atoms with Crippen LogP contribution >= 0.6 is 0 Å². The average Bonchev–Trinajstić information content (AvgIpc) is 2.15. The molecule has 0 saturated carbocycles. The summed E-state index contributed by atoms with van der Waals surface area (Å²) in [5, 5.41) is 0. The molecular weight excluding hydrogens is 164 g/mol. The molecule has 2 rings (SSSR count). The molecule has 68 valence electrons. The molecule has 13 heavy (non-hydrogen) atoms. The molecule has 1 aromatic carbocycles. The molecule has 3 heteroatoms. The molecule has 0 bridgehead atoms. The van der Waals surface area contributed by atoms with E-state index in [1.165, 1.54) is 5.56 Å². The molecule has 0 aliphatic carbocycles. The van der Waals surface area contributed by atoms with Gasteiger partial charge in [0, 0.05) is 20.6 Å². The maximum Gasteiger partial charge on any atom is 0.324 e. The van der Waals surface area contributed by atoms with E-state index in [2.05, 4.69) is 6.07 Å². The first kappa shape index (κ1) is 8.10. The summed E-state index contributed by atoms with van der Waals surface area (Å²) in [5.41, 5.74) is 2.22. The minimum Gasteiger partial charge on any atom is -0.323 e. The highest BCUT2D eigenvalue weighted by Gasteiger charge is 2.23. The van der Waals surface area contributed by atoms with Crippen LogP contribution in [0.25, 0.3) is 0 Å². The summed E-state index contributed by atoms with van der Waals surface area (Å²) in [6, 6.07) is 8.03. The zero-order chi connectivity index (χ0) is 9.42. The molecule has 0 fully saturated rings. The van der Waals surface area contributed by atoms with E-state index in [0.29, 0.717) is 6.54 Å². The summed E-state index contributed by atoms with van der Waals surface area (Å²) in [4.78, 5) is 14.9. The van der Waals surface area contributed by atoms with Gasteiger partial charge in [0.15, 0.2) is 0 Å². The fraction of sp³-hybridized carbons (Fsp3) is 0.300. The lowest BCUT2D eigenvalue weighted by molar-refractivity contribution is 0.212. The van der Waals surface area contributed by atoms with Crippen LogP contribution in [0.4, 0.5) is 10.5 Å². The summed E-state index contributed by atoms with van der Waals surface area (Å²) >= 11 is 0. The molecule has 0 unspecified atom stereocenters. The van der Waals surface area contributed by atoms with Crippen LogP contribution in [0.2, 0.25) is 0 Å². The maximum absolute atomic E-state index is 11.5. The monoisotopic (exact) mass is 176 g/mol. The molecule has 1 heterocycles. The van der Waals surface area contributed by atoms with Crippen LogP contribution in [0.15, 0.2) is 24.3 Å². The largest absolute Gasteiger partial charge is 0.324 e. The van der Waals surface area contributed by atoms with Gasteiger partial charge >= 0.3 is 6.03 Å². The molecule has 0 radical (unpaired) electrons. The number of rotatable bonds is 0. The van der Waals surface area contributed by atoms with Gasteiger partial charge in [0.05, 0.1) is 5.69 Å². The smallest absolute Gasteiger partial charge is 0.323 e. The lowest BCUT2D eigenvalue weighted by Crippen LogP contribution is -2.42. The first-order valence-corrected chi connectivity index (χ1v) is 4.27. The second-order valence-corrected chi connectivity index (χ2v) is 3.33. The van der Waals surface area contributed by atoms with Crippen LogP contribution in [0.5, 0.6) is 0 Å². The van der Waals surface area contributed by atoms with Crippen LogP contribution < -0.4 is 4.90 Å². The molecule has 0 atom stereocenters. The van der Waals surface area contributed by atoms with Crippen LogP contribution in [-0.4, -0.2) is 25.0 Å². The Hall–Kier alpha value is -1.51.